The van der Waals surface area contributed by atoms with Crippen molar-refractivity contribution in [2.75, 3.05) is 17.2 Å². The Balaban J connectivity index is 2.38. The zero-order valence-electron chi connectivity index (χ0n) is 11.6. The molecule has 2 N–H and O–H groups in total. The third kappa shape index (κ3) is 3.11. The van der Waals surface area contributed by atoms with Gasteiger partial charge in [0, 0.05) is 28.5 Å². The number of amides is 1. The number of benzene rings is 2. The molecule has 3 nitrogen and oxygen atoms in total. The molecule has 1 amide bonds. The van der Waals surface area contributed by atoms with Crippen LogP contribution in [-0.4, -0.2) is 12.5 Å². The Morgan fingerprint density at radius 1 is 1.25 bits per heavy atom. The SMILES string of the molecule is CCN(C(=O)c1cc(N)cc(Cl)c1)c1cccc(C)c1. The Morgan fingerprint density at radius 3 is 2.60 bits per heavy atom. The predicted molar refractivity (Wildman–Crippen MR) is 84.4 cm³/mol. The van der Waals surface area contributed by atoms with E-state index in [0.29, 0.717) is 22.8 Å². The van der Waals surface area contributed by atoms with Gasteiger partial charge in [-0.15, -0.1) is 0 Å². The fourth-order valence-electron chi connectivity index (χ4n) is 2.13. The second kappa shape index (κ2) is 5.97. The summed E-state index contributed by atoms with van der Waals surface area (Å²) in [6, 6.07) is 12.7. The summed E-state index contributed by atoms with van der Waals surface area (Å²) < 4.78 is 0. The molecule has 0 bridgehead atoms. The monoisotopic (exact) mass is 288 g/mol. The molecule has 2 aromatic carbocycles. The smallest absolute Gasteiger partial charge is 0.258 e. The largest absolute Gasteiger partial charge is 0.399 e. The number of nitrogens with two attached hydrogens (primary N) is 1. The number of nitrogen functional groups attached to an aromatic ring is 1. The molecule has 2 rings (SSSR count). The van der Waals surface area contributed by atoms with Gasteiger partial charge in [-0.25, -0.2) is 0 Å². The maximum Gasteiger partial charge on any atom is 0.258 e. The highest BCUT2D eigenvalue weighted by Gasteiger charge is 2.17. The van der Waals surface area contributed by atoms with Gasteiger partial charge in [-0.1, -0.05) is 23.7 Å². The van der Waals surface area contributed by atoms with Gasteiger partial charge in [-0.3, -0.25) is 4.79 Å². The first-order valence-corrected chi connectivity index (χ1v) is 6.83. The second-order valence-corrected chi connectivity index (χ2v) is 5.10. The molecule has 0 saturated carbocycles. The highest BCUT2D eigenvalue weighted by atomic mass is 35.5. The van der Waals surface area contributed by atoms with Gasteiger partial charge in [0.25, 0.3) is 5.91 Å². The predicted octanol–water partition coefficient (Wildman–Crippen LogP) is 3.90. The summed E-state index contributed by atoms with van der Waals surface area (Å²) in [6.07, 6.45) is 0. The normalized spacial score (nSPS) is 10.3. The summed E-state index contributed by atoms with van der Waals surface area (Å²) in [5, 5.41) is 0.466. The molecule has 0 fully saturated rings. The minimum Gasteiger partial charge on any atom is -0.399 e. The molecule has 0 saturated heterocycles. The lowest BCUT2D eigenvalue weighted by Crippen LogP contribution is -2.30. The highest BCUT2D eigenvalue weighted by molar-refractivity contribution is 6.31. The van der Waals surface area contributed by atoms with Gasteiger partial charge < -0.3 is 10.6 Å². The lowest BCUT2D eigenvalue weighted by Gasteiger charge is -2.22. The average molecular weight is 289 g/mol. The number of carbonyl (C=O) groups is 1. The van der Waals surface area contributed by atoms with Gasteiger partial charge in [-0.2, -0.15) is 0 Å². The van der Waals surface area contributed by atoms with E-state index in [1.807, 2.05) is 38.1 Å². The Morgan fingerprint density at radius 2 is 2.00 bits per heavy atom. The molecular weight excluding hydrogens is 272 g/mol. The Bertz CT molecular complexity index is 620. The zero-order chi connectivity index (χ0) is 14.7. The van der Waals surface area contributed by atoms with Crippen LogP contribution in [0, 0.1) is 6.92 Å². The van der Waals surface area contributed by atoms with Crippen LogP contribution >= 0.6 is 11.6 Å². The maximum atomic E-state index is 12.6. The van der Waals surface area contributed by atoms with Crippen LogP contribution in [0.2, 0.25) is 5.02 Å². The van der Waals surface area contributed by atoms with Crippen molar-refractivity contribution in [1.29, 1.82) is 0 Å². The van der Waals surface area contributed by atoms with Crippen molar-refractivity contribution in [3.05, 3.63) is 58.6 Å². The minimum atomic E-state index is -0.104. The van der Waals surface area contributed by atoms with E-state index >= 15 is 0 Å². The molecule has 0 aliphatic rings. The van der Waals surface area contributed by atoms with Crippen molar-refractivity contribution >= 4 is 28.9 Å². The van der Waals surface area contributed by atoms with Crippen molar-refractivity contribution in [3.8, 4) is 0 Å². The van der Waals surface area contributed by atoms with Gasteiger partial charge in [0.15, 0.2) is 0 Å². The molecule has 0 aliphatic carbocycles. The number of anilines is 2. The summed E-state index contributed by atoms with van der Waals surface area (Å²) in [4.78, 5) is 14.3. The molecule has 0 spiro atoms. The average Bonchev–Trinajstić information content (AvgIpc) is 2.38. The number of hydrogen-bond donors (Lipinski definition) is 1. The molecule has 0 atom stereocenters. The van der Waals surface area contributed by atoms with E-state index in [1.54, 1.807) is 23.1 Å². The third-order valence-corrected chi connectivity index (χ3v) is 3.26. The lowest BCUT2D eigenvalue weighted by molar-refractivity contribution is 0.0988. The van der Waals surface area contributed by atoms with E-state index in [2.05, 4.69) is 0 Å². The molecule has 0 radical (unpaired) electrons. The zero-order valence-corrected chi connectivity index (χ0v) is 12.3. The van der Waals surface area contributed by atoms with E-state index < -0.39 is 0 Å². The molecule has 4 heteroatoms. The van der Waals surface area contributed by atoms with Crippen LogP contribution in [0.3, 0.4) is 0 Å². The van der Waals surface area contributed by atoms with Crippen LogP contribution in [0.5, 0.6) is 0 Å². The summed E-state index contributed by atoms with van der Waals surface area (Å²) in [7, 11) is 0. The first-order chi connectivity index (χ1) is 9.51. The van der Waals surface area contributed by atoms with E-state index in [0.717, 1.165) is 11.3 Å². The standard InChI is InChI=1S/C16H17ClN2O/c1-3-19(15-6-4-5-11(2)7-15)16(20)12-8-13(17)10-14(18)9-12/h4-10H,3,18H2,1-2H3. The van der Waals surface area contributed by atoms with E-state index in [9.17, 15) is 4.79 Å². The topological polar surface area (TPSA) is 46.3 Å². The number of rotatable bonds is 3. The van der Waals surface area contributed by atoms with E-state index in [-0.39, 0.29) is 5.91 Å². The van der Waals surface area contributed by atoms with Crippen LogP contribution < -0.4 is 10.6 Å². The fraction of sp³-hybridized carbons (Fsp3) is 0.188. The van der Waals surface area contributed by atoms with Crippen molar-refractivity contribution in [1.82, 2.24) is 0 Å². The van der Waals surface area contributed by atoms with E-state index in [1.165, 1.54) is 0 Å². The van der Waals surface area contributed by atoms with Gasteiger partial charge in [0.1, 0.15) is 0 Å². The highest BCUT2D eigenvalue weighted by Crippen LogP contribution is 2.22. The molecule has 20 heavy (non-hydrogen) atoms. The molecule has 0 heterocycles. The first-order valence-electron chi connectivity index (χ1n) is 6.46. The van der Waals surface area contributed by atoms with Crippen LogP contribution in [0.15, 0.2) is 42.5 Å². The molecule has 0 unspecified atom stereocenters. The van der Waals surface area contributed by atoms with Crippen LogP contribution in [0.25, 0.3) is 0 Å². The second-order valence-electron chi connectivity index (χ2n) is 4.66. The van der Waals surface area contributed by atoms with Crippen LogP contribution in [-0.2, 0) is 0 Å². The maximum absolute atomic E-state index is 12.6. The summed E-state index contributed by atoms with van der Waals surface area (Å²) >= 11 is 5.96. The van der Waals surface area contributed by atoms with Crippen molar-refractivity contribution in [2.24, 2.45) is 0 Å². The summed E-state index contributed by atoms with van der Waals surface area (Å²) in [5.41, 5.74) is 8.71. The number of hydrogen-bond acceptors (Lipinski definition) is 2. The van der Waals surface area contributed by atoms with Crippen LogP contribution in [0.1, 0.15) is 22.8 Å². The van der Waals surface area contributed by atoms with Gasteiger partial charge in [-0.05, 0) is 49.7 Å². The van der Waals surface area contributed by atoms with Gasteiger partial charge in [0.05, 0.1) is 0 Å². The quantitative estimate of drug-likeness (QED) is 0.871. The molecular formula is C16H17ClN2O. The van der Waals surface area contributed by atoms with E-state index in [4.69, 9.17) is 17.3 Å². The Kier molecular flexibility index (Phi) is 4.30. The first kappa shape index (κ1) is 14.4. The summed E-state index contributed by atoms with van der Waals surface area (Å²) in [6.45, 7) is 4.52. The van der Waals surface area contributed by atoms with Crippen molar-refractivity contribution in [2.45, 2.75) is 13.8 Å². The molecule has 0 aromatic heterocycles. The lowest BCUT2D eigenvalue weighted by atomic mass is 10.1. The molecule has 104 valence electrons. The van der Waals surface area contributed by atoms with Crippen molar-refractivity contribution in [3.63, 3.8) is 0 Å². The number of carbonyl (C=O) groups excluding carboxylic acids is 1. The minimum absolute atomic E-state index is 0.104. The van der Waals surface area contributed by atoms with Gasteiger partial charge in [0.2, 0.25) is 0 Å². The third-order valence-electron chi connectivity index (χ3n) is 3.04. The fourth-order valence-corrected chi connectivity index (χ4v) is 2.37. The number of halogens is 1. The Hall–Kier alpha value is -2.00. The van der Waals surface area contributed by atoms with Gasteiger partial charge >= 0.3 is 0 Å². The van der Waals surface area contributed by atoms with Crippen LogP contribution in [0.4, 0.5) is 11.4 Å². The number of aryl methyl sites for hydroxylation is 1. The Labute approximate surface area is 124 Å². The van der Waals surface area contributed by atoms with Crippen molar-refractivity contribution < 1.29 is 4.79 Å². The molecule has 2 aromatic rings. The summed E-state index contributed by atoms with van der Waals surface area (Å²) in [5.74, 6) is -0.104. The molecule has 0 aliphatic heterocycles. The number of nitrogens with zero attached hydrogens (tertiary/aromatic N) is 1.